The highest BCUT2D eigenvalue weighted by molar-refractivity contribution is 5.90. The standard InChI is InChI=1S/C26H32N8O/c1-15(2)22-23(18-9-34-25(28-14-29-34)17(4)16(18)3)30-19-5-6-21(31-24(19)22)33-12-26(13-33)10-32(11-26)8-7-20(27)35/h5-6,9,14-15,30H,7-8,10-13H2,1-4H3,(H2,27,35). The molecular formula is C26H32N8O. The molecule has 2 aliphatic rings. The number of amides is 1. The lowest BCUT2D eigenvalue weighted by molar-refractivity contribution is -0.119. The van der Waals surface area contributed by atoms with Crippen LogP contribution in [-0.4, -0.2) is 68.1 Å². The molecule has 6 rings (SSSR count). The Morgan fingerprint density at radius 1 is 1.17 bits per heavy atom. The van der Waals surface area contributed by atoms with Crippen LogP contribution in [0.25, 0.3) is 27.9 Å². The summed E-state index contributed by atoms with van der Waals surface area (Å²) in [6, 6.07) is 4.29. The third-order valence-electron chi connectivity index (χ3n) is 7.81. The zero-order chi connectivity index (χ0) is 24.5. The minimum absolute atomic E-state index is 0.225. The van der Waals surface area contributed by atoms with E-state index in [0.717, 1.165) is 72.0 Å². The highest BCUT2D eigenvalue weighted by atomic mass is 16.1. The highest BCUT2D eigenvalue weighted by Crippen LogP contribution is 2.43. The van der Waals surface area contributed by atoms with E-state index in [9.17, 15) is 4.79 Å². The van der Waals surface area contributed by atoms with Crippen LogP contribution in [0.4, 0.5) is 5.82 Å². The second kappa shape index (κ2) is 7.78. The highest BCUT2D eigenvalue weighted by Gasteiger charge is 2.51. The summed E-state index contributed by atoms with van der Waals surface area (Å²) in [6.45, 7) is 13.6. The fourth-order valence-electron chi connectivity index (χ4n) is 5.93. The van der Waals surface area contributed by atoms with E-state index in [1.54, 1.807) is 6.33 Å². The molecule has 2 aliphatic heterocycles. The first-order valence-corrected chi connectivity index (χ1v) is 12.3. The van der Waals surface area contributed by atoms with E-state index in [2.05, 4.69) is 70.9 Å². The van der Waals surface area contributed by atoms with Crippen LogP contribution in [0.5, 0.6) is 0 Å². The maximum Gasteiger partial charge on any atom is 0.218 e. The number of primary amides is 1. The Balaban J connectivity index is 1.30. The molecule has 0 saturated carbocycles. The van der Waals surface area contributed by atoms with Crippen molar-refractivity contribution in [2.45, 2.75) is 40.0 Å². The smallest absolute Gasteiger partial charge is 0.218 e. The Bertz CT molecular complexity index is 1450. The summed E-state index contributed by atoms with van der Waals surface area (Å²) in [5.41, 5.74) is 14.4. The van der Waals surface area contributed by atoms with E-state index in [1.807, 2.05) is 4.52 Å². The Labute approximate surface area is 204 Å². The maximum absolute atomic E-state index is 11.1. The lowest BCUT2D eigenvalue weighted by atomic mass is 9.73. The number of pyridine rings is 2. The summed E-state index contributed by atoms with van der Waals surface area (Å²) in [6.07, 6.45) is 4.11. The Morgan fingerprint density at radius 2 is 1.94 bits per heavy atom. The minimum Gasteiger partial charge on any atom is -0.370 e. The van der Waals surface area contributed by atoms with Gasteiger partial charge in [0.25, 0.3) is 0 Å². The van der Waals surface area contributed by atoms with Gasteiger partial charge < -0.3 is 20.5 Å². The number of hydrogen-bond donors (Lipinski definition) is 2. The summed E-state index contributed by atoms with van der Waals surface area (Å²) in [5.74, 6) is 1.11. The van der Waals surface area contributed by atoms with Crippen LogP contribution in [-0.2, 0) is 4.79 Å². The van der Waals surface area contributed by atoms with Gasteiger partial charge in [0.05, 0.1) is 16.7 Å². The fraction of sp³-hybridized carbons (Fsp3) is 0.462. The Morgan fingerprint density at radius 3 is 2.66 bits per heavy atom. The minimum atomic E-state index is -0.225. The lowest BCUT2D eigenvalue weighted by Crippen LogP contribution is -2.72. The number of hydrogen-bond acceptors (Lipinski definition) is 6. The van der Waals surface area contributed by atoms with Crippen LogP contribution >= 0.6 is 0 Å². The molecule has 1 spiro atoms. The van der Waals surface area contributed by atoms with Gasteiger partial charge in [-0.2, -0.15) is 5.10 Å². The van der Waals surface area contributed by atoms with Crippen molar-refractivity contribution in [3.8, 4) is 11.3 Å². The molecule has 0 unspecified atom stereocenters. The molecule has 3 N–H and O–H groups in total. The van der Waals surface area contributed by atoms with Crippen molar-refractivity contribution in [3.63, 3.8) is 0 Å². The van der Waals surface area contributed by atoms with Gasteiger partial charge in [0, 0.05) is 61.9 Å². The van der Waals surface area contributed by atoms with Crippen LogP contribution < -0.4 is 10.6 Å². The van der Waals surface area contributed by atoms with E-state index >= 15 is 0 Å². The molecule has 0 bridgehead atoms. The monoisotopic (exact) mass is 472 g/mol. The number of nitrogens with one attached hydrogen (secondary N) is 1. The lowest BCUT2D eigenvalue weighted by Gasteiger charge is -2.60. The zero-order valence-electron chi connectivity index (χ0n) is 20.8. The molecule has 9 heteroatoms. The van der Waals surface area contributed by atoms with Gasteiger partial charge in [0.2, 0.25) is 5.91 Å². The van der Waals surface area contributed by atoms with Gasteiger partial charge in [-0.15, -0.1) is 0 Å². The number of carbonyl (C=O) groups is 1. The van der Waals surface area contributed by atoms with Crippen molar-refractivity contribution in [1.29, 1.82) is 0 Å². The number of aryl methyl sites for hydroxylation is 1. The Hall–Kier alpha value is -3.46. The molecule has 2 saturated heterocycles. The number of nitrogens with zero attached hydrogens (tertiary/aromatic N) is 6. The average Bonchev–Trinajstić information content (AvgIpc) is 3.38. The van der Waals surface area contributed by atoms with Crippen molar-refractivity contribution >= 4 is 28.4 Å². The Kier molecular flexibility index (Phi) is 4.90. The quantitative estimate of drug-likeness (QED) is 0.447. The van der Waals surface area contributed by atoms with Crippen molar-refractivity contribution in [2.75, 3.05) is 37.6 Å². The maximum atomic E-state index is 11.1. The van der Waals surface area contributed by atoms with Crippen molar-refractivity contribution < 1.29 is 4.79 Å². The first-order valence-electron chi connectivity index (χ1n) is 12.3. The molecule has 6 heterocycles. The molecule has 4 aromatic rings. The molecule has 4 aromatic heterocycles. The number of fused-ring (bicyclic) bond motifs is 2. The second-order valence-electron chi connectivity index (χ2n) is 10.7. The van der Waals surface area contributed by atoms with E-state index in [-0.39, 0.29) is 5.91 Å². The van der Waals surface area contributed by atoms with Crippen LogP contribution in [0.3, 0.4) is 0 Å². The van der Waals surface area contributed by atoms with Gasteiger partial charge in [-0.05, 0) is 43.0 Å². The summed E-state index contributed by atoms with van der Waals surface area (Å²) < 4.78 is 1.86. The number of aromatic amines is 1. The predicted molar refractivity (Wildman–Crippen MR) is 137 cm³/mol. The average molecular weight is 473 g/mol. The number of rotatable bonds is 6. The third-order valence-corrected chi connectivity index (χ3v) is 7.81. The number of likely N-dealkylation sites (tertiary alicyclic amines) is 1. The first-order chi connectivity index (χ1) is 16.7. The normalized spacial score (nSPS) is 17.5. The van der Waals surface area contributed by atoms with Gasteiger partial charge in [-0.25, -0.2) is 14.5 Å². The van der Waals surface area contributed by atoms with Crippen LogP contribution in [0.15, 0.2) is 24.7 Å². The second-order valence-corrected chi connectivity index (χ2v) is 10.7. The number of nitrogens with two attached hydrogens (primary N) is 1. The van der Waals surface area contributed by atoms with E-state index in [1.165, 1.54) is 11.1 Å². The first kappa shape index (κ1) is 22.0. The summed E-state index contributed by atoms with van der Waals surface area (Å²) >= 11 is 0. The molecule has 9 nitrogen and oxygen atoms in total. The van der Waals surface area contributed by atoms with Crippen molar-refractivity contribution in [1.82, 2.24) is 29.5 Å². The van der Waals surface area contributed by atoms with Gasteiger partial charge in [0.1, 0.15) is 12.1 Å². The molecular weight excluding hydrogens is 440 g/mol. The largest absolute Gasteiger partial charge is 0.370 e. The third kappa shape index (κ3) is 3.48. The molecule has 0 aromatic carbocycles. The van der Waals surface area contributed by atoms with E-state index in [0.29, 0.717) is 17.8 Å². The van der Waals surface area contributed by atoms with Gasteiger partial charge in [-0.1, -0.05) is 13.8 Å². The molecule has 0 aliphatic carbocycles. The van der Waals surface area contributed by atoms with Crippen LogP contribution in [0.2, 0.25) is 0 Å². The number of H-pyrrole nitrogens is 1. The number of anilines is 1. The summed E-state index contributed by atoms with van der Waals surface area (Å²) in [4.78, 5) is 29.0. The van der Waals surface area contributed by atoms with Crippen molar-refractivity contribution in [2.24, 2.45) is 11.1 Å². The molecule has 0 radical (unpaired) electrons. The number of carbonyl (C=O) groups excluding carboxylic acids is 1. The van der Waals surface area contributed by atoms with Crippen LogP contribution in [0, 0.1) is 19.3 Å². The summed E-state index contributed by atoms with van der Waals surface area (Å²) in [5, 5.41) is 4.39. The van der Waals surface area contributed by atoms with Gasteiger partial charge in [0.15, 0.2) is 5.65 Å². The molecule has 2 fully saturated rings. The molecule has 182 valence electrons. The zero-order valence-corrected chi connectivity index (χ0v) is 20.8. The molecule has 35 heavy (non-hydrogen) atoms. The predicted octanol–water partition coefficient (Wildman–Crippen LogP) is 3.01. The number of aromatic nitrogens is 5. The summed E-state index contributed by atoms with van der Waals surface area (Å²) in [7, 11) is 0. The van der Waals surface area contributed by atoms with Crippen LogP contribution in [0.1, 0.15) is 42.9 Å². The van der Waals surface area contributed by atoms with Crippen molar-refractivity contribution in [3.05, 3.63) is 41.3 Å². The van der Waals surface area contributed by atoms with E-state index in [4.69, 9.17) is 10.7 Å². The topological polar surface area (TPSA) is 108 Å². The van der Waals surface area contributed by atoms with E-state index < -0.39 is 0 Å². The van der Waals surface area contributed by atoms with Gasteiger partial charge in [-0.3, -0.25) is 4.79 Å². The fourth-order valence-corrected chi connectivity index (χ4v) is 5.93. The SMILES string of the molecule is Cc1c(-c2[nH]c3ccc(N4CC5(CN(CCC(N)=O)C5)C4)nc3c2C(C)C)cn2ncnc2c1C. The van der Waals surface area contributed by atoms with Gasteiger partial charge >= 0.3 is 0 Å². The molecule has 1 amide bonds. The molecule has 0 atom stereocenters.